The van der Waals surface area contributed by atoms with Gasteiger partial charge in [-0.3, -0.25) is 4.79 Å². The highest BCUT2D eigenvalue weighted by Crippen LogP contribution is 2.30. The number of amides is 1. The van der Waals surface area contributed by atoms with Crippen LogP contribution in [0.25, 0.3) is 0 Å². The molecule has 0 aliphatic rings. The lowest BCUT2D eigenvalue weighted by Gasteiger charge is -2.10. The first-order valence-corrected chi connectivity index (χ1v) is 7.40. The van der Waals surface area contributed by atoms with Crippen molar-refractivity contribution in [1.82, 2.24) is 4.72 Å². The van der Waals surface area contributed by atoms with Crippen LogP contribution in [-0.4, -0.2) is 31.9 Å². The second-order valence-corrected chi connectivity index (χ2v) is 6.17. The number of hydrogen-bond donors (Lipinski definition) is 3. The van der Waals surface area contributed by atoms with Crippen LogP contribution in [0.15, 0.2) is 17.0 Å². The number of hydrogen-bond acceptors (Lipinski definition) is 4. The number of carbonyl (C=O) groups excluding carboxylic acids is 1. The molecule has 0 aliphatic heterocycles. The average molecular weight is 341 g/mol. The average Bonchev–Trinajstić information content (AvgIpc) is 2.26. The molecular formula is C10H10Cl2N2O5S. The number of carboxylic acids is 1. The van der Waals surface area contributed by atoms with Gasteiger partial charge in [0.15, 0.2) is 0 Å². The summed E-state index contributed by atoms with van der Waals surface area (Å²) in [5, 5.41) is 8.26. The van der Waals surface area contributed by atoms with Gasteiger partial charge >= 0.3 is 5.97 Å². The van der Waals surface area contributed by atoms with Crippen LogP contribution in [0.4, 0.5) is 0 Å². The Labute approximate surface area is 124 Å². The fourth-order valence-electron chi connectivity index (χ4n) is 1.32. The Kier molecular flexibility index (Phi) is 5.35. The van der Waals surface area contributed by atoms with E-state index in [1.807, 2.05) is 0 Å². The van der Waals surface area contributed by atoms with Gasteiger partial charge in [-0.2, -0.15) is 0 Å². The van der Waals surface area contributed by atoms with Crippen molar-refractivity contribution in [3.8, 4) is 0 Å². The Morgan fingerprint density at radius 3 is 2.40 bits per heavy atom. The summed E-state index contributed by atoms with van der Waals surface area (Å²) in [6.45, 7) is -0.223. The van der Waals surface area contributed by atoms with Crippen molar-refractivity contribution in [2.24, 2.45) is 5.73 Å². The molecule has 0 atom stereocenters. The fraction of sp³-hybridized carbons (Fsp3) is 0.200. The van der Waals surface area contributed by atoms with E-state index in [4.69, 9.17) is 34.0 Å². The first kappa shape index (κ1) is 16.7. The maximum atomic E-state index is 11.9. The zero-order valence-corrected chi connectivity index (χ0v) is 12.2. The van der Waals surface area contributed by atoms with Gasteiger partial charge in [0, 0.05) is 13.0 Å². The van der Waals surface area contributed by atoms with Gasteiger partial charge < -0.3 is 10.8 Å². The number of nitrogens with two attached hydrogens (primary N) is 1. The predicted molar refractivity (Wildman–Crippen MR) is 72.4 cm³/mol. The molecule has 1 aromatic carbocycles. The summed E-state index contributed by atoms with van der Waals surface area (Å²) in [6.07, 6.45) is -0.198. The van der Waals surface area contributed by atoms with E-state index in [1.54, 1.807) is 0 Å². The number of nitrogens with one attached hydrogen (secondary N) is 1. The van der Waals surface area contributed by atoms with Gasteiger partial charge in [-0.25, -0.2) is 17.9 Å². The second-order valence-electron chi connectivity index (χ2n) is 3.65. The van der Waals surface area contributed by atoms with Crippen LogP contribution >= 0.6 is 23.2 Å². The van der Waals surface area contributed by atoms with E-state index in [2.05, 4.69) is 4.72 Å². The van der Waals surface area contributed by atoms with Gasteiger partial charge in [-0.1, -0.05) is 23.2 Å². The minimum Gasteiger partial charge on any atom is -0.478 e. The smallest absolute Gasteiger partial charge is 0.338 e. The zero-order valence-electron chi connectivity index (χ0n) is 9.89. The minimum absolute atomic E-state index is 0.182. The summed E-state index contributed by atoms with van der Waals surface area (Å²) < 4.78 is 26.0. The van der Waals surface area contributed by atoms with Crippen LogP contribution in [0.3, 0.4) is 0 Å². The van der Waals surface area contributed by atoms with Gasteiger partial charge in [0.05, 0.1) is 15.6 Å². The van der Waals surface area contributed by atoms with Crippen molar-refractivity contribution in [1.29, 1.82) is 0 Å². The summed E-state index contributed by atoms with van der Waals surface area (Å²) in [7, 11) is -4.07. The Morgan fingerprint density at radius 2 is 1.90 bits per heavy atom. The lowest BCUT2D eigenvalue weighted by atomic mass is 10.2. The molecule has 0 fully saturated rings. The molecule has 7 nitrogen and oxygen atoms in total. The molecule has 0 aliphatic carbocycles. The number of sulfonamides is 1. The third-order valence-corrected chi connectivity index (χ3v) is 4.55. The van der Waals surface area contributed by atoms with Crippen LogP contribution < -0.4 is 10.5 Å². The van der Waals surface area contributed by atoms with Crippen molar-refractivity contribution in [3.63, 3.8) is 0 Å². The van der Waals surface area contributed by atoms with Gasteiger partial charge in [0.25, 0.3) is 0 Å². The predicted octanol–water partition coefficient (Wildman–Crippen LogP) is 0.845. The van der Waals surface area contributed by atoms with Crippen LogP contribution in [0.5, 0.6) is 0 Å². The number of benzene rings is 1. The molecule has 0 spiro atoms. The first-order valence-electron chi connectivity index (χ1n) is 5.16. The maximum Gasteiger partial charge on any atom is 0.338 e. The summed E-state index contributed by atoms with van der Waals surface area (Å²) in [6, 6.07) is 2.18. The van der Waals surface area contributed by atoms with Gasteiger partial charge in [-0.15, -0.1) is 0 Å². The van der Waals surface area contributed by atoms with Crippen molar-refractivity contribution in [3.05, 3.63) is 27.7 Å². The molecule has 1 aromatic rings. The molecule has 110 valence electrons. The summed E-state index contributed by atoms with van der Waals surface area (Å²) >= 11 is 11.4. The second kappa shape index (κ2) is 6.40. The van der Waals surface area contributed by atoms with Crippen LogP contribution in [0, 0.1) is 0 Å². The highest BCUT2D eigenvalue weighted by Gasteiger charge is 2.24. The first-order chi connectivity index (χ1) is 9.16. The molecule has 1 rings (SSSR count). The molecule has 0 aromatic heterocycles. The lowest BCUT2D eigenvalue weighted by Crippen LogP contribution is -2.28. The number of carbonyl (C=O) groups is 2. The zero-order chi connectivity index (χ0) is 15.5. The van der Waals surface area contributed by atoms with Crippen molar-refractivity contribution < 1.29 is 23.1 Å². The molecule has 1 amide bonds. The van der Waals surface area contributed by atoms with E-state index in [0.29, 0.717) is 0 Å². The molecule has 20 heavy (non-hydrogen) atoms. The molecule has 0 saturated carbocycles. The number of aromatic carboxylic acids is 1. The third-order valence-electron chi connectivity index (χ3n) is 2.22. The summed E-state index contributed by atoms with van der Waals surface area (Å²) in [4.78, 5) is 21.1. The van der Waals surface area contributed by atoms with E-state index in [-0.39, 0.29) is 18.0 Å². The Bertz CT molecular complexity index is 660. The lowest BCUT2D eigenvalue weighted by molar-refractivity contribution is -0.117. The van der Waals surface area contributed by atoms with Gasteiger partial charge in [-0.05, 0) is 12.1 Å². The van der Waals surface area contributed by atoms with E-state index in [1.165, 1.54) is 0 Å². The van der Waals surface area contributed by atoms with E-state index in [9.17, 15) is 18.0 Å². The number of rotatable bonds is 6. The molecule has 0 unspecified atom stereocenters. The standard InChI is InChI=1S/C10H10Cl2N2O5S/c11-5-1-2-6(9(12)8(5)10(16)17)20(18,19)14-4-3-7(13)15/h1-2,14H,3-4H2,(H2,13,15)(H,16,17). The topological polar surface area (TPSA) is 127 Å². The Hall–Kier alpha value is -1.35. The normalized spacial score (nSPS) is 11.3. The quantitative estimate of drug-likeness (QED) is 0.707. The van der Waals surface area contributed by atoms with Gasteiger partial charge in [0.2, 0.25) is 15.9 Å². The van der Waals surface area contributed by atoms with Crippen molar-refractivity contribution >= 4 is 45.1 Å². The molecule has 0 heterocycles. The minimum atomic E-state index is -4.07. The Morgan fingerprint density at radius 1 is 1.30 bits per heavy atom. The summed E-state index contributed by atoms with van der Waals surface area (Å²) in [5.74, 6) is -2.13. The molecule has 4 N–H and O–H groups in total. The summed E-state index contributed by atoms with van der Waals surface area (Å²) in [5.41, 5.74) is 4.37. The Balaban J connectivity index is 3.16. The number of primary amides is 1. The van der Waals surface area contributed by atoms with Crippen LogP contribution in [0.2, 0.25) is 10.0 Å². The SMILES string of the molecule is NC(=O)CCNS(=O)(=O)c1ccc(Cl)c(C(=O)O)c1Cl. The van der Waals surface area contributed by atoms with Crippen LogP contribution in [-0.2, 0) is 14.8 Å². The molecular weight excluding hydrogens is 331 g/mol. The fourth-order valence-corrected chi connectivity index (χ4v) is 3.27. The van der Waals surface area contributed by atoms with Crippen molar-refractivity contribution in [2.45, 2.75) is 11.3 Å². The molecule has 10 heteroatoms. The van der Waals surface area contributed by atoms with E-state index < -0.39 is 37.4 Å². The highest BCUT2D eigenvalue weighted by molar-refractivity contribution is 7.89. The number of carboxylic acid groups (broad SMARTS) is 1. The maximum absolute atomic E-state index is 11.9. The van der Waals surface area contributed by atoms with E-state index >= 15 is 0 Å². The van der Waals surface area contributed by atoms with E-state index in [0.717, 1.165) is 12.1 Å². The molecule has 0 bridgehead atoms. The monoisotopic (exact) mass is 340 g/mol. The van der Waals surface area contributed by atoms with Gasteiger partial charge in [0.1, 0.15) is 4.90 Å². The van der Waals surface area contributed by atoms with Crippen LogP contribution in [0.1, 0.15) is 16.8 Å². The molecule has 0 saturated heterocycles. The van der Waals surface area contributed by atoms with Crippen molar-refractivity contribution in [2.75, 3.05) is 6.54 Å². The number of halogens is 2. The largest absolute Gasteiger partial charge is 0.478 e. The molecule has 0 radical (unpaired) electrons. The third kappa shape index (κ3) is 3.83. The highest BCUT2D eigenvalue weighted by atomic mass is 35.5.